The molecule has 2 aromatic rings. The van der Waals surface area contributed by atoms with E-state index in [2.05, 4.69) is 4.98 Å². The summed E-state index contributed by atoms with van der Waals surface area (Å²) in [6.45, 7) is 3.85. The molecular weight excluding hydrogens is 246 g/mol. The summed E-state index contributed by atoms with van der Waals surface area (Å²) in [4.78, 5) is 4.31. The largest absolute Gasteiger partial charge is 0.445 e. The zero-order valence-corrected chi connectivity index (χ0v) is 11.4. The fourth-order valence-corrected chi connectivity index (χ4v) is 2.46. The van der Waals surface area contributed by atoms with Crippen molar-refractivity contribution in [2.45, 2.75) is 25.7 Å². The average Bonchev–Trinajstić information content (AvgIpc) is 2.69. The Labute approximate surface area is 111 Å². The highest BCUT2D eigenvalue weighted by Crippen LogP contribution is 2.21. The number of aromatic nitrogens is 1. The van der Waals surface area contributed by atoms with E-state index >= 15 is 0 Å². The molecule has 1 aromatic carbocycles. The van der Waals surface area contributed by atoms with E-state index in [1.807, 2.05) is 44.2 Å². The topological polar surface area (TPSA) is 46.3 Å². The Morgan fingerprint density at radius 2 is 2.00 bits per heavy atom. The maximum atomic E-state index is 9.99. The van der Waals surface area contributed by atoms with E-state index in [0.29, 0.717) is 11.5 Å². The lowest BCUT2D eigenvalue weighted by molar-refractivity contribution is 0.204. The molecule has 0 spiro atoms. The summed E-state index contributed by atoms with van der Waals surface area (Å²) < 4.78 is 5.49. The van der Waals surface area contributed by atoms with Crippen molar-refractivity contribution >= 4 is 11.8 Å². The van der Waals surface area contributed by atoms with E-state index in [1.54, 1.807) is 11.8 Å². The number of nitrogens with zero attached hydrogens (tertiary/aromatic N) is 1. The molecule has 0 fully saturated rings. The maximum Gasteiger partial charge on any atom is 0.204 e. The fourth-order valence-electron chi connectivity index (χ4n) is 1.63. The van der Waals surface area contributed by atoms with Crippen LogP contribution < -0.4 is 0 Å². The van der Waals surface area contributed by atoms with E-state index in [4.69, 9.17) is 4.42 Å². The molecule has 1 unspecified atom stereocenters. The molecule has 1 aromatic heterocycles. The van der Waals surface area contributed by atoms with Crippen LogP contribution in [0.3, 0.4) is 0 Å². The van der Waals surface area contributed by atoms with Crippen LogP contribution in [0.25, 0.3) is 0 Å². The number of aliphatic hydroxyl groups excluding tert-OH is 1. The maximum absolute atomic E-state index is 9.99. The number of hydrogen-bond donors (Lipinski definition) is 1. The smallest absolute Gasteiger partial charge is 0.204 e. The van der Waals surface area contributed by atoms with Crippen molar-refractivity contribution in [2.24, 2.45) is 0 Å². The molecule has 4 heteroatoms. The van der Waals surface area contributed by atoms with Crippen LogP contribution in [0.4, 0.5) is 0 Å². The molecule has 0 radical (unpaired) electrons. The van der Waals surface area contributed by atoms with Crippen LogP contribution >= 0.6 is 11.8 Å². The van der Waals surface area contributed by atoms with Gasteiger partial charge in [0.25, 0.3) is 0 Å². The number of aryl methyl sites for hydroxylation is 2. The fraction of sp³-hybridized carbons (Fsp3) is 0.357. The third-order valence-corrected chi connectivity index (χ3v) is 3.76. The summed E-state index contributed by atoms with van der Waals surface area (Å²) in [6, 6.07) is 9.69. The molecule has 0 saturated carbocycles. The van der Waals surface area contributed by atoms with E-state index < -0.39 is 6.10 Å². The van der Waals surface area contributed by atoms with Crippen molar-refractivity contribution < 1.29 is 9.52 Å². The Bertz CT molecular complexity index is 476. The van der Waals surface area contributed by atoms with Crippen LogP contribution in [-0.2, 0) is 5.75 Å². The predicted molar refractivity (Wildman–Crippen MR) is 73.5 cm³/mol. The van der Waals surface area contributed by atoms with Gasteiger partial charge in [0.05, 0.1) is 17.6 Å². The van der Waals surface area contributed by atoms with Gasteiger partial charge in [-0.2, -0.15) is 0 Å². The van der Waals surface area contributed by atoms with Gasteiger partial charge in [-0.05, 0) is 19.4 Å². The summed E-state index contributed by atoms with van der Waals surface area (Å²) in [5.74, 6) is 2.94. The third-order valence-electron chi connectivity index (χ3n) is 2.76. The van der Waals surface area contributed by atoms with Gasteiger partial charge >= 0.3 is 0 Å². The minimum Gasteiger partial charge on any atom is -0.445 e. The second kappa shape index (κ2) is 6.07. The van der Waals surface area contributed by atoms with Crippen molar-refractivity contribution in [3.05, 3.63) is 53.2 Å². The molecule has 0 bridgehead atoms. The monoisotopic (exact) mass is 263 g/mol. The number of aliphatic hydroxyl groups is 1. The first-order valence-electron chi connectivity index (χ1n) is 5.90. The first-order chi connectivity index (χ1) is 8.66. The summed E-state index contributed by atoms with van der Waals surface area (Å²) in [7, 11) is 0. The SMILES string of the molecule is Cc1nc(CSCC(O)c2ccccc2)oc1C. The van der Waals surface area contributed by atoms with E-state index in [1.165, 1.54) is 0 Å². The van der Waals surface area contributed by atoms with Gasteiger partial charge in [-0.15, -0.1) is 11.8 Å². The van der Waals surface area contributed by atoms with Crippen LogP contribution in [0.1, 0.15) is 29.0 Å². The summed E-state index contributed by atoms with van der Waals surface area (Å²) in [5.41, 5.74) is 1.89. The molecule has 0 aliphatic rings. The second-order valence-electron chi connectivity index (χ2n) is 4.19. The minimum atomic E-state index is -0.437. The lowest BCUT2D eigenvalue weighted by Crippen LogP contribution is -2.00. The Hall–Kier alpha value is -1.26. The third kappa shape index (κ3) is 3.37. The predicted octanol–water partition coefficient (Wildman–Crippen LogP) is 3.26. The summed E-state index contributed by atoms with van der Waals surface area (Å²) in [5, 5.41) is 9.99. The molecule has 0 saturated heterocycles. The number of hydrogen-bond acceptors (Lipinski definition) is 4. The molecule has 0 amide bonds. The summed E-state index contributed by atoms with van der Waals surface area (Å²) in [6.07, 6.45) is -0.437. The van der Waals surface area contributed by atoms with Crippen LogP contribution in [0, 0.1) is 13.8 Å². The molecular formula is C14H17NO2S. The van der Waals surface area contributed by atoms with Gasteiger partial charge in [-0.3, -0.25) is 0 Å². The van der Waals surface area contributed by atoms with E-state index in [-0.39, 0.29) is 0 Å². The van der Waals surface area contributed by atoms with E-state index in [9.17, 15) is 5.11 Å². The van der Waals surface area contributed by atoms with Crippen molar-refractivity contribution in [3.63, 3.8) is 0 Å². The van der Waals surface area contributed by atoms with Crippen LogP contribution in [0.2, 0.25) is 0 Å². The van der Waals surface area contributed by atoms with Gasteiger partial charge in [0.15, 0.2) is 0 Å². The Kier molecular flexibility index (Phi) is 4.44. The van der Waals surface area contributed by atoms with E-state index in [0.717, 1.165) is 22.9 Å². The number of oxazole rings is 1. The highest BCUT2D eigenvalue weighted by Gasteiger charge is 2.09. The van der Waals surface area contributed by atoms with Crippen molar-refractivity contribution in [3.8, 4) is 0 Å². The standard InChI is InChI=1S/C14H17NO2S/c1-10-11(2)17-14(15-10)9-18-8-13(16)12-6-4-3-5-7-12/h3-7,13,16H,8-9H2,1-2H3. The summed E-state index contributed by atoms with van der Waals surface area (Å²) >= 11 is 1.63. The van der Waals surface area contributed by atoms with Gasteiger partial charge < -0.3 is 9.52 Å². The lowest BCUT2D eigenvalue weighted by atomic mass is 10.1. The average molecular weight is 263 g/mol. The van der Waals surface area contributed by atoms with Crippen LogP contribution in [0.15, 0.2) is 34.7 Å². The zero-order chi connectivity index (χ0) is 13.0. The van der Waals surface area contributed by atoms with Crippen molar-refractivity contribution in [1.82, 2.24) is 4.98 Å². The first kappa shape index (κ1) is 13.2. The van der Waals surface area contributed by atoms with Crippen molar-refractivity contribution in [1.29, 1.82) is 0 Å². The number of benzene rings is 1. The number of rotatable bonds is 5. The van der Waals surface area contributed by atoms with Crippen molar-refractivity contribution in [2.75, 3.05) is 5.75 Å². The normalized spacial score (nSPS) is 12.6. The molecule has 2 rings (SSSR count). The number of thioether (sulfide) groups is 1. The van der Waals surface area contributed by atoms with Crippen LogP contribution in [0.5, 0.6) is 0 Å². The lowest BCUT2D eigenvalue weighted by Gasteiger charge is -2.09. The molecule has 3 nitrogen and oxygen atoms in total. The van der Waals surface area contributed by atoms with Gasteiger partial charge in [0.2, 0.25) is 5.89 Å². The molecule has 96 valence electrons. The first-order valence-corrected chi connectivity index (χ1v) is 7.06. The van der Waals surface area contributed by atoms with Crippen LogP contribution in [-0.4, -0.2) is 15.8 Å². The molecule has 0 aliphatic heterocycles. The highest BCUT2D eigenvalue weighted by molar-refractivity contribution is 7.98. The van der Waals surface area contributed by atoms with Gasteiger partial charge in [-0.1, -0.05) is 30.3 Å². The Morgan fingerprint density at radius 3 is 2.61 bits per heavy atom. The molecule has 1 N–H and O–H groups in total. The highest BCUT2D eigenvalue weighted by atomic mass is 32.2. The quantitative estimate of drug-likeness (QED) is 0.899. The van der Waals surface area contributed by atoms with Gasteiger partial charge in [-0.25, -0.2) is 4.98 Å². The Balaban J connectivity index is 1.82. The van der Waals surface area contributed by atoms with Gasteiger partial charge in [0.1, 0.15) is 5.76 Å². The minimum absolute atomic E-state index is 0.437. The zero-order valence-electron chi connectivity index (χ0n) is 10.6. The molecule has 1 heterocycles. The molecule has 18 heavy (non-hydrogen) atoms. The second-order valence-corrected chi connectivity index (χ2v) is 5.22. The van der Waals surface area contributed by atoms with Gasteiger partial charge in [0, 0.05) is 5.75 Å². The molecule has 1 atom stereocenters. The Morgan fingerprint density at radius 1 is 1.28 bits per heavy atom. The molecule has 0 aliphatic carbocycles.